The molecule has 0 fully saturated rings. The van der Waals surface area contributed by atoms with Crippen molar-refractivity contribution in [2.24, 2.45) is 11.7 Å². The zero-order chi connectivity index (χ0) is 13.5. The van der Waals surface area contributed by atoms with Gasteiger partial charge in [0.2, 0.25) is 5.91 Å². The number of nitrogens with two attached hydrogens (primary N) is 1. The number of amides is 1. The van der Waals surface area contributed by atoms with Gasteiger partial charge in [0, 0.05) is 6.04 Å². The highest BCUT2D eigenvalue weighted by atomic mass is 16.5. The second-order valence-electron chi connectivity index (χ2n) is 4.05. The Hall–Kier alpha value is -1.88. The number of carbonyl (C=O) groups is 2. The summed E-state index contributed by atoms with van der Waals surface area (Å²) in [5, 5.41) is 2.98. The van der Waals surface area contributed by atoms with E-state index in [9.17, 15) is 9.59 Å². The van der Waals surface area contributed by atoms with E-state index in [0.717, 1.165) is 5.56 Å². The Bertz CT molecular complexity index is 406. The summed E-state index contributed by atoms with van der Waals surface area (Å²) in [6, 6.07) is 9.11. The van der Waals surface area contributed by atoms with Crippen LogP contribution < -0.4 is 11.1 Å². The van der Waals surface area contributed by atoms with E-state index in [-0.39, 0.29) is 18.6 Å². The van der Waals surface area contributed by atoms with Gasteiger partial charge in [-0.2, -0.15) is 0 Å². The van der Waals surface area contributed by atoms with Crippen LogP contribution in [0.15, 0.2) is 30.3 Å². The third kappa shape index (κ3) is 3.85. The van der Waals surface area contributed by atoms with Crippen molar-refractivity contribution in [2.75, 3.05) is 13.7 Å². The molecule has 3 N–H and O–H groups in total. The minimum absolute atomic E-state index is 0.0148. The second-order valence-corrected chi connectivity index (χ2v) is 4.05. The molecule has 0 aromatic heterocycles. The Kier molecular flexibility index (Phi) is 5.32. The molecule has 0 bridgehead atoms. The molecule has 5 nitrogen and oxygen atoms in total. The van der Waals surface area contributed by atoms with E-state index < -0.39 is 11.8 Å². The summed E-state index contributed by atoms with van der Waals surface area (Å²) in [6.45, 7) is 1.76. The van der Waals surface area contributed by atoms with E-state index in [4.69, 9.17) is 10.5 Å². The van der Waals surface area contributed by atoms with E-state index in [1.54, 1.807) is 6.92 Å². The Morgan fingerprint density at radius 1 is 1.33 bits per heavy atom. The molecule has 0 saturated carbocycles. The molecule has 0 aliphatic heterocycles. The first-order valence-electron chi connectivity index (χ1n) is 5.70. The third-order valence-corrected chi connectivity index (χ3v) is 2.73. The average molecular weight is 250 g/mol. The minimum atomic E-state index is -0.465. The van der Waals surface area contributed by atoms with Gasteiger partial charge in [-0.05, 0) is 5.56 Å². The lowest BCUT2D eigenvalue weighted by Crippen LogP contribution is -2.37. The normalized spacial score (nSPS) is 13.7. The van der Waals surface area contributed by atoms with Gasteiger partial charge in [-0.3, -0.25) is 9.59 Å². The highest BCUT2D eigenvalue weighted by Crippen LogP contribution is 2.22. The van der Waals surface area contributed by atoms with Gasteiger partial charge in [0.05, 0.1) is 19.6 Å². The number of carbonyl (C=O) groups excluding carboxylic acids is 2. The first-order valence-corrected chi connectivity index (χ1v) is 5.70. The van der Waals surface area contributed by atoms with Gasteiger partial charge in [0.25, 0.3) is 0 Å². The zero-order valence-corrected chi connectivity index (χ0v) is 10.6. The summed E-state index contributed by atoms with van der Waals surface area (Å²) in [7, 11) is 1.34. The van der Waals surface area contributed by atoms with E-state index in [2.05, 4.69) is 5.32 Å². The van der Waals surface area contributed by atoms with Gasteiger partial charge in [-0.25, -0.2) is 0 Å². The summed E-state index contributed by atoms with van der Waals surface area (Å²) in [5.74, 6) is -1.20. The van der Waals surface area contributed by atoms with E-state index >= 15 is 0 Å². The van der Waals surface area contributed by atoms with Crippen LogP contribution in [0.1, 0.15) is 18.5 Å². The number of rotatable bonds is 6. The predicted molar refractivity (Wildman–Crippen MR) is 67.6 cm³/mol. The number of hydrogen-bond donors (Lipinski definition) is 2. The molecule has 0 unspecified atom stereocenters. The Labute approximate surface area is 106 Å². The lowest BCUT2D eigenvalue weighted by atomic mass is 9.94. The maximum Gasteiger partial charge on any atom is 0.310 e. The number of methoxy groups -OCH3 is 1. The second kappa shape index (κ2) is 6.76. The van der Waals surface area contributed by atoms with Crippen LogP contribution in [-0.4, -0.2) is 25.5 Å². The standard InChI is InChI=1S/C13H18N2O3/c1-9(13(17)18-2)12(15-8-11(14)16)10-6-4-3-5-7-10/h3-7,9,12,15H,8H2,1-2H3,(H2,14,16)/t9-,12+/m1/s1. The van der Waals surface area contributed by atoms with Crippen LogP contribution in [0.5, 0.6) is 0 Å². The molecule has 0 heterocycles. The highest BCUT2D eigenvalue weighted by Gasteiger charge is 2.26. The molecule has 0 radical (unpaired) electrons. The van der Waals surface area contributed by atoms with Gasteiger partial charge >= 0.3 is 5.97 Å². The van der Waals surface area contributed by atoms with E-state index in [0.29, 0.717) is 0 Å². The van der Waals surface area contributed by atoms with Gasteiger partial charge in [0.1, 0.15) is 0 Å². The van der Waals surface area contributed by atoms with Crippen molar-refractivity contribution in [3.63, 3.8) is 0 Å². The van der Waals surface area contributed by atoms with Crippen LogP contribution >= 0.6 is 0 Å². The first kappa shape index (κ1) is 14.2. The van der Waals surface area contributed by atoms with Crippen LogP contribution in [0.25, 0.3) is 0 Å². The Balaban J connectivity index is 2.88. The fourth-order valence-corrected chi connectivity index (χ4v) is 1.78. The van der Waals surface area contributed by atoms with Crippen LogP contribution in [-0.2, 0) is 14.3 Å². The SMILES string of the molecule is COC(=O)[C@H](C)[C@H](NCC(N)=O)c1ccccc1. The molecule has 1 amide bonds. The van der Waals surface area contributed by atoms with Crippen molar-refractivity contribution in [1.29, 1.82) is 0 Å². The van der Waals surface area contributed by atoms with Crippen molar-refractivity contribution in [2.45, 2.75) is 13.0 Å². The molecule has 0 aliphatic carbocycles. The number of primary amides is 1. The van der Waals surface area contributed by atoms with Crippen LogP contribution in [0.4, 0.5) is 0 Å². The van der Waals surface area contributed by atoms with Crippen molar-refractivity contribution in [3.05, 3.63) is 35.9 Å². The maximum atomic E-state index is 11.6. The van der Waals surface area contributed by atoms with Crippen LogP contribution in [0.3, 0.4) is 0 Å². The summed E-state index contributed by atoms with van der Waals surface area (Å²) in [6.07, 6.45) is 0. The smallest absolute Gasteiger partial charge is 0.310 e. The summed E-state index contributed by atoms with van der Waals surface area (Å²) >= 11 is 0. The van der Waals surface area contributed by atoms with Gasteiger partial charge in [-0.1, -0.05) is 37.3 Å². The molecule has 5 heteroatoms. The van der Waals surface area contributed by atoms with Crippen LogP contribution in [0, 0.1) is 5.92 Å². The third-order valence-electron chi connectivity index (χ3n) is 2.73. The highest BCUT2D eigenvalue weighted by molar-refractivity contribution is 5.76. The van der Waals surface area contributed by atoms with Crippen molar-refractivity contribution in [1.82, 2.24) is 5.32 Å². The molecule has 1 aromatic rings. The largest absolute Gasteiger partial charge is 0.469 e. The quantitative estimate of drug-likeness (QED) is 0.725. The zero-order valence-electron chi connectivity index (χ0n) is 10.6. The van der Waals surface area contributed by atoms with Crippen LogP contribution in [0.2, 0.25) is 0 Å². The summed E-state index contributed by atoms with van der Waals surface area (Å²) < 4.78 is 4.73. The van der Waals surface area contributed by atoms with Crippen molar-refractivity contribution >= 4 is 11.9 Å². The number of hydrogen-bond acceptors (Lipinski definition) is 4. The first-order chi connectivity index (χ1) is 8.56. The van der Waals surface area contributed by atoms with E-state index in [1.807, 2.05) is 30.3 Å². The molecule has 0 spiro atoms. The molecular formula is C13H18N2O3. The molecule has 98 valence electrons. The lowest BCUT2D eigenvalue weighted by Gasteiger charge is -2.23. The molecule has 2 atom stereocenters. The summed E-state index contributed by atoms with van der Waals surface area (Å²) in [4.78, 5) is 22.4. The number of benzene rings is 1. The molecule has 18 heavy (non-hydrogen) atoms. The molecule has 0 aliphatic rings. The molecular weight excluding hydrogens is 232 g/mol. The number of ether oxygens (including phenoxy) is 1. The lowest BCUT2D eigenvalue weighted by molar-refractivity contribution is -0.146. The average Bonchev–Trinajstić information content (AvgIpc) is 2.38. The number of esters is 1. The van der Waals surface area contributed by atoms with Gasteiger partial charge in [-0.15, -0.1) is 0 Å². The van der Waals surface area contributed by atoms with E-state index in [1.165, 1.54) is 7.11 Å². The Morgan fingerprint density at radius 3 is 2.44 bits per heavy atom. The topological polar surface area (TPSA) is 81.4 Å². The number of nitrogens with one attached hydrogen (secondary N) is 1. The molecule has 0 saturated heterocycles. The predicted octanol–water partition coefficient (Wildman–Crippen LogP) is 0.612. The summed E-state index contributed by atoms with van der Waals surface area (Å²) in [5.41, 5.74) is 6.02. The Morgan fingerprint density at radius 2 is 1.94 bits per heavy atom. The van der Waals surface area contributed by atoms with Crippen molar-refractivity contribution in [3.8, 4) is 0 Å². The maximum absolute atomic E-state index is 11.6. The van der Waals surface area contributed by atoms with Gasteiger partial charge < -0.3 is 15.8 Å². The van der Waals surface area contributed by atoms with Gasteiger partial charge in [0.15, 0.2) is 0 Å². The minimum Gasteiger partial charge on any atom is -0.469 e. The van der Waals surface area contributed by atoms with Crippen molar-refractivity contribution < 1.29 is 14.3 Å². The molecule has 1 aromatic carbocycles. The fraction of sp³-hybridized carbons (Fsp3) is 0.385. The molecule has 1 rings (SSSR count). The monoisotopic (exact) mass is 250 g/mol. The fourth-order valence-electron chi connectivity index (χ4n) is 1.78.